The molecule has 0 aromatic heterocycles. The summed E-state index contributed by atoms with van der Waals surface area (Å²) in [6.07, 6.45) is 0.190. The summed E-state index contributed by atoms with van der Waals surface area (Å²) in [7, 11) is -1.12. The molecule has 0 rings (SSSR count). The van der Waals surface area contributed by atoms with Gasteiger partial charge in [-0.05, 0) is 38.0 Å². The Kier molecular flexibility index (Phi) is 6.25. The number of hydrogen-bond acceptors (Lipinski definition) is 2. The fraction of sp³-hybridized carbons (Fsp3) is 1.00. The van der Waals surface area contributed by atoms with Crippen LogP contribution in [0.1, 0.15) is 68.7 Å². The van der Waals surface area contributed by atoms with Crippen LogP contribution in [-0.2, 0) is 11.0 Å². The zero-order valence-corrected chi connectivity index (χ0v) is 14.9. The molecule has 1 unspecified atom stereocenters. The van der Waals surface area contributed by atoms with Crippen molar-refractivity contribution in [1.82, 2.24) is 4.72 Å². The first kappa shape index (κ1) is 19.1. The minimum atomic E-state index is -1.12. The third-order valence-corrected chi connectivity index (χ3v) is 4.92. The molecule has 0 aromatic rings. The molecule has 0 fully saturated rings. The van der Waals surface area contributed by atoms with Crippen molar-refractivity contribution in [3.8, 4) is 0 Å². The van der Waals surface area contributed by atoms with Crippen molar-refractivity contribution in [3.05, 3.63) is 0 Å². The first-order valence-corrected chi connectivity index (χ1v) is 8.17. The quantitative estimate of drug-likeness (QED) is 0.835. The van der Waals surface area contributed by atoms with Gasteiger partial charge in [-0.25, -0.2) is 8.93 Å². The van der Waals surface area contributed by atoms with Gasteiger partial charge in [0, 0.05) is 6.04 Å². The largest absolute Gasteiger partial charge is 0.393 e. The zero-order chi connectivity index (χ0) is 15.6. The van der Waals surface area contributed by atoms with E-state index in [0.29, 0.717) is 6.42 Å². The lowest BCUT2D eigenvalue weighted by Crippen LogP contribution is -2.49. The lowest BCUT2D eigenvalue weighted by atomic mass is 9.78. The van der Waals surface area contributed by atoms with Crippen LogP contribution in [0.3, 0.4) is 0 Å². The molecule has 3 nitrogen and oxygen atoms in total. The Morgan fingerprint density at radius 3 is 1.63 bits per heavy atom. The maximum Gasteiger partial charge on any atom is 0.0972 e. The molecule has 3 atom stereocenters. The van der Waals surface area contributed by atoms with Gasteiger partial charge < -0.3 is 5.11 Å². The molecule has 0 heterocycles. The van der Waals surface area contributed by atoms with Gasteiger partial charge in [0.05, 0.1) is 21.8 Å². The van der Waals surface area contributed by atoms with E-state index in [9.17, 15) is 9.32 Å². The molecule has 0 aliphatic rings. The number of hydrogen-bond donors (Lipinski definition) is 2. The van der Waals surface area contributed by atoms with Crippen molar-refractivity contribution < 1.29 is 9.32 Å². The molecule has 0 spiro atoms. The summed E-state index contributed by atoms with van der Waals surface area (Å²) in [5, 5.41) is 10.3. The van der Waals surface area contributed by atoms with Gasteiger partial charge in [-0.2, -0.15) is 0 Å². The fourth-order valence-corrected chi connectivity index (χ4v) is 2.52. The number of aliphatic hydroxyl groups excluding tert-OH is 1. The molecule has 0 bridgehead atoms. The summed E-state index contributed by atoms with van der Waals surface area (Å²) >= 11 is 0. The summed E-state index contributed by atoms with van der Waals surface area (Å²) in [5.41, 5.74) is -0.207. The molecule has 0 saturated carbocycles. The van der Waals surface area contributed by atoms with Gasteiger partial charge >= 0.3 is 0 Å². The van der Waals surface area contributed by atoms with E-state index >= 15 is 0 Å². The molecule has 19 heavy (non-hydrogen) atoms. The van der Waals surface area contributed by atoms with Crippen LogP contribution in [0.25, 0.3) is 0 Å². The SMILES string of the molecule is CC(C)(C)[C@@H](O)C[C@@H](NS(=O)C(C)(C)C)C(C)(C)C. The van der Waals surface area contributed by atoms with E-state index in [1.54, 1.807) is 0 Å². The van der Waals surface area contributed by atoms with Crippen LogP contribution in [0, 0.1) is 10.8 Å². The van der Waals surface area contributed by atoms with Gasteiger partial charge in [0.15, 0.2) is 0 Å². The highest BCUT2D eigenvalue weighted by Crippen LogP contribution is 2.30. The van der Waals surface area contributed by atoms with Crippen LogP contribution in [0.4, 0.5) is 0 Å². The van der Waals surface area contributed by atoms with Crippen molar-refractivity contribution >= 4 is 11.0 Å². The Labute approximate surface area is 122 Å². The number of aliphatic hydroxyl groups is 1. The van der Waals surface area contributed by atoms with Gasteiger partial charge in [0.1, 0.15) is 0 Å². The molecule has 0 saturated heterocycles. The molecule has 116 valence electrons. The van der Waals surface area contributed by atoms with E-state index in [0.717, 1.165) is 0 Å². The first-order valence-electron chi connectivity index (χ1n) is 7.02. The Bertz CT molecular complexity index is 308. The molecule has 0 radical (unpaired) electrons. The topological polar surface area (TPSA) is 49.3 Å². The van der Waals surface area contributed by atoms with Crippen LogP contribution in [0.5, 0.6) is 0 Å². The predicted molar refractivity (Wildman–Crippen MR) is 84.4 cm³/mol. The Morgan fingerprint density at radius 2 is 1.37 bits per heavy atom. The maximum absolute atomic E-state index is 12.3. The molecule has 4 heteroatoms. The van der Waals surface area contributed by atoms with Crippen LogP contribution < -0.4 is 4.72 Å². The van der Waals surface area contributed by atoms with Gasteiger partial charge in [-0.3, -0.25) is 0 Å². The Hall–Kier alpha value is 0.0700. The van der Waals surface area contributed by atoms with Crippen LogP contribution in [0.15, 0.2) is 0 Å². The van der Waals surface area contributed by atoms with Gasteiger partial charge in [0.2, 0.25) is 0 Å². The molecular weight excluding hydrogens is 258 g/mol. The summed E-state index contributed by atoms with van der Waals surface area (Å²) in [5.74, 6) is 0. The fourth-order valence-electron chi connectivity index (χ4n) is 1.46. The lowest BCUT2D eigenvalue weighted by molar-refractivity contribution is 0.0364. The molecule has 2 N–H and O–H groups in total. The van der Waals surface area contributed by atoms with Crippen LogP contribution in [0.2, 0.25) is 0 Å². The van der Waals surface area contributed by atoms with Crippen molar-refractivity contribution in [2.45, 2.75) is 85.6 Å². The minimum Gasteiger partial charge on any atom is -0.393 e. The highest BCUT2D eigenvalue weighted by atomic mass is 32.2. The molecule has 0 aromatic carbocycles. The third-order valence-electron chi connectivity index (χ3n) is 3.31. The predicted octanol–water partition coefficient (Wildman–Crippen LogP) is 3.25. The van der Waals surface area contributed by atoms with Gasteiger partial charge in [0.25, 0.3) is 0 Å². The number of rotatable bonds is 4. The van der Waals surface area contributed by atoms with Crippen molar-refractivity contribution in [2.24, 2.45) is 10.8 Å². The van der Waals surface area contributed by atoms with Crippen LogP contribution in [-0.4, -0.2) is 26.2 Å². The first-order chi connectivity index (χ1) is 8.15. The normalized spacial score (nSPS) is 19.1. The molecule has 0 amide bonds. The second kappa shape index (κ2) is 6.23. The third kappa shape index (κ3) is 6.87. The standard InChI is InChI=1S/C15H33NO2S/c1-13(2,3)11(10-12(17)14(4,5)6)16-19(18)15(7,8)9/h11-12,16-17H,10H2,1-9H3/t11-,12+,19?/m1/s1. The second-order valence-corrected chi connectivity index (χ2v) is 10.5. The van der Waals surface area contributed by atoms with E-state index in [1.165, 1.54) is 0 Å². The van der Waals surface area contributed by atoms with Crippen molar-refractivity contribution in [3.63, 3.8) is 0 Å². The summed E-state index contributed by atoms with van der Waals surface area (Å²) in [6, 6.07) is 0.0155. The van der Waals surface area contributed by atoms with Gasteiger partial charge in [-0.15, -0.1) is 0 Å². The second-order valence-electron chi connectivity index (χ2n) is 8.54. The maximum atomic E-state index is 12.3. The summed E-state index contributed by atoms with van der Waals surface area (Å²) in [4.78, 5) is 0. The average molecular weight is 292 g/mol. The van der Waals surface area contributed by atoms with E-state index in [2.05, 4.69) is 25.5 Å². The van der Waals surface area contributed by atoms with E-state index in [4.69, 9.17) is 0 Å². The highest BCUT2D eigenvalue weighted by Gasteiger charge is 2.34. The Morgan fingerprint density at radius 1 is 0.947 bits per heavy atom. The zero-order valence-electron chi connectivity index (χ0n) is 14.1. The average Bonchev–Trinajstić information content (AvgIpc) is 2.11. The number of nitrogens with one attached hydrogen (secondary N) is 1. The molecule has 0 aliphatic carbocycles. The van der Waals surface area contributed by atoms with Gasteiger partial charge in [-0.1, -0.05) is 41.5 Å². The molecular formula is C15H33NO2S. The lowest BCUT2D eigenvalue weighted by Gasteiger charge is -2.37. The summed E-state index contributed by atoms with van der Waals surface area (Å²) < 4.78 is 15.2. The van der Waals surface area contributed by atoms with E-state index in [1.807, 2.05) is 41.5 Å². The molecule has 0 aliphatic heterocycles. The van der Waals surface area contributed by atoms with Crippen molar-refractivity contribution in [2.75, 3.05) is 0 Å². The van der Waals surface area contributed by atoms with E-state index in [-0.39, 0.29) is 21.6 Å². The van der Waals surface area contributed by atoms with E-state index < -0.39 is 17.1 Å². The minimum absolute atomic E-state index is 0.0155. The monoisotopic (exact) mass is 291 g/mol. The van der Waals surface area contributed by atoms with Crippen LogP contribution >= 0.6 is 0 Å². The smallest absolute Gasteiger partial charge is 0.0972 e. The highest BCUT2D eigenvalue weighted by molar-refractivity contribution is 7.84. The summed E-state index contributed by atoms with van der Waals surface area (Å²) in [6.45, 7) is 18.3. The Balaban J connectivity index is 4.92. The van der Waals surface area contributed by atoms with Crippen molar-refractivity contribution in [1.29, 1.82) is 0 Å².